The van der Waals surface area contributed by atoms with E-state index in [2.05, 4.69) is 0 Å². The van der Waals surface area contributed by atoms with Crippen LogP contribution in [0.4, 0.5) is 14.5 Å². The van der Waals surface area contributed by atoms with Gasteiger partial charge in [-0.25, -0.2) is 13.6 Å². The number of benzene rings is 1. The molecule has 3 aliphatic carbocycles. The van der Waals surface area contributed by atoms with Crippen molar-refractivity contribution in [3.63, 3.8) is 0 Å². The summed E-state index contributed by atoms with van der Waals surface area (Å²) in [6.45, 7) is 3.37. The predicted octanol–water partition coefficient (Wildman–Crippen LogP) is 2.02. The van der Waals surface area contributed by atoms with Gasteiger partial charge in [-0.3, -0.25) is 9.35 Å². The fourth-order valence-electron chi connectivity index (χ4n) is 5.47. The van der Waals surface area contributed by atoms with Gasteiger partial charge in [0.15, 0.2) is 5.82 Å². The second kappa shape index (κ2) is 8.28. The number of carboxylic acids is 1. The highest BCUT2D eigenvalue weighted by Gasteiger charge is 2.58. The van der Waals surface area contributed by atoms with Crippen molar-refractivity contribution < 1.29 is 31.7 Å². The molecular weight excluding hydrogens is 472 g/mol. The van der Waals surface area contributed by atoms with Crippen LogP contribution in [0.15, 0.2) is 17.1 Å². The third kappa shape index (κ3) is 4.07. The summed E-state index contributed by atoms with van der Waals surface area (Å²) in [5, 5.41) is 9.24. The van der Waals surface area contributed by atoms with Gasteiger partial charge >= 0.3 is 5.97 Å². The molecule has 9 nitrogen and oxygen atoms in total. The van der Waals surface area contributed by atoms with Gasteiger partial charge in [0.05, 0.1) is 17.2 Å². The number of nitrogens with zero attached hydrogens (tertiary/aromatic N) is 2. The number of anilines is 1. The minimum atomic E-state index is -3.67. The number of fused-ring (bicyclic) bond motifs is 1. The van der Waals surface area contributed by atoms with Gasteiger partial charge < -0.3 is 20.3 Å². The molecular formula is C22H27F2N3O6S. The Morgan fingerprint density at radius 2 is 1.85 bits per heavy atom. The first kappa shape index (κ1) is 24.6. The third-order valence-electron chi connectivity index (χ3n) is 7.29. The van der Waals surface area contributed by atoms with Crippen LogP contribution in [0, 0.1) is 29.4 Å². The summed E-state index contributed by atoms with van der Waals surface area (Å²) < 4.78 is 58.3. The molecule has 34 heavy (non-hydrogen) atoms. The number of aromatic carboxylic acids is 1. The first-order chi connectivity index (χ1) is 15.8. The van der Waals surface area contributed by atoms with Crippen molar-refractivity contribution in [3.8, 4) is 0 Å². The van der Waals surface area contributed by atoms with Gasteiger partial charge in [0.1, 0.15) is 17.1 Å². The minimum absolute atomic E-state index is 0.0124. The number of aromatic nitrogens is 1. The van der Waals surface area contributed by atoms with E-state index in [0.29, 0.717) is 31.8 Å². The van der Waals surface area contributed by atoms with Crippen molar-refractivity contribution in [3.05, 3.63) is 39.7 Å². The van der Waals surface area contributed by atoms with Crippen molar-refractivity contribution in [1.82, 2.24) is 4.57 Å². The van der Waals surface area contributed by atoms with Gasteiger partial charge in [0, 0.05) is 24.8 Å². The number of hydrogen-bond donors (Lipinski definition) is 3. The van der Waals surface area contributed by atoms with E-state index in [0.717, 1.165) is 25.3 Å². The fourth-order valence-corrected chi connectivity index (χ4v) is 5.47. The van der Waals surface area contributed by atoms with Gasteiger partial charge in [0.25, 0.3) is 10.1 Å². The molecule has 2 atom stereocenters. The summed E-state index contributed by atoms with van der Waals surface area (Å²) in [5.41, 5.74) is 3.98. The molecule has 1 saturated heterocycles. The maximum Gasteiger partial charge on any atom is 0.341 e. The Bertz CT molecular complexity index is 1320. The zero-order valence-electron chi connectivity index (χ0n) is 18.8. The molecule has 4 N–H and O–H groups in total. The molecule has 0 amide bonds. The molecule has 1 aliphatic heterocycles. The molecule has 0 unspecified atom stereocenters. The standard InChI is InChI=1S/C21H23F2N3O3.CH4O3S/c1-10-7-25(8-12(10)6-24)18-15(22)2-13-17(16(18)23)26(21-3-11(4-21)5-21)9-14(19(13)27)20(28)29;1-5(2,3)4/h2,9-12H,3-8,24H2,1H3,(H,28,29);1H3,(H,2,3,4)/t10-,11?,12+,21?;/m0./s1. The average molecular weight is 500 g/mol. The van der Waals surface area contributed by atoms with Crippen LogP contribution in [0.2, 0.25) is 0 Å². The van der Waals surface area contributed by atoms with Crippen LogP contribution in [0.1, 0.15) is 36.5 Å². The summed E-state index contributed by atoms with van der Waals surface area (Å²) in [7, 11) is -3.67. The van der Waals surface area contributed by atoms with Gasteiger partial charge in [-0.15, -0.1) is 0 Å². The second-order valence-electron chi connectivity index (χ2n) is 9.78. The van der Waals surface area contributed by atoms with E-state index in [4.69, 9.17) is 10.3 Å². The van der Waals surface area contributed by atoms with Gasteiger partial charge in [0.2, 0.25) is 5.43 Å². The first-order valence-corrected chi connectivity index (χ1v) is 12.8. The van der Waals surface area contributed by atoms with E-state index in [1.165, 1.54) is 6.20 Å². The lowest BCUT2D eigenvalue weighted by atomic mass is 9.49. The van der Waals surface area contributed by atoms with Crippen LogP contribution in [-0.4, -0.2) is 54.5 Å². The molecule has 1 aromatic heterocycles. The van der Waals surface area contributed by atoms with Crippen LogP contribution in [0.3, 0.4) is 0 Å². The lowest BCUT2D eigenvalue weighted by Gasteiger charge is -2.63. The number of nitrogens with two attached hydrogens (primary N) is 1. The molecule has 1 aromatic carbocycles. The Morgan fingerprint density at radius 1 is 1.26 bits per heavy atom. The van der Waals surface area contributed by atoms with E-state index in [1.807, 2.05) is 6.92 Å². The maximum absolute atomic E-state index is 15.8. The number of rotatable bonds is 4. The molecule has 4 aliphatic rings. The summed E-state index contributed by atoms with van der Waals surface area (Å²) in [4.78, 5) is 26.0. The number of halogens is 2. The van der Waals surface area contributed by atoms with Crippen LogP contribution >= 0.6 is 0 Å². The van der Waals surface area contributed by atoms with Crippen molar-refractivity contribution in [1.29, 1.82) is 0 Å². The lowest BCUT2D eigenvalue weighted by molar-refractivity contribution is -0.0863. The Morgan fingerprint density at radius 3 is 2.29 bits per heavy atom. The Labute approximate surface area is 194 Å². The topological polar surface area (TPSA) is 143 Å². The number of carbonyl (C=O) groups is 1. The highest BCUT2D eigenvalue weighted by Crippen LogP contribution is 2.63. The quantitative estimate of drug-likeness (QED) is 0.542. The summed E-state index contributed by atoms with van der Waals surface area (Å²) in [6, 6.07) is 1.00. The van der Waals surface area contributed by atoms with E-state index in [9.17, 15) is 23.1 Å². The summed E-state index contributed by atoms with van der Waals surface area (Å²) >= 11 is 0. The molecule has 0 radical (unpaired) electrons. The zero-order chi connectivity index (χ0) is 25.2. The van der Waals surface area contributed by atoms with Gasteiger partial charge in [-0.1, -0.05) is 6.92 Å². The molecule has 12 heteroatoms. The summed E-state index contributed by atoms with van der Waals surface area (Å²) in [6.07, 6.45) is 4.44. The van der Waals surface area contributed by atoms with Crippen molar-refractivity contribution in [2.75, 3.05) is 30.8 Å². The Kier molecular flexibility index (Phi) is 5.98. The third-order valence-corrected chi connectivity index (χ3v) is 7.29. The molecule has 0 spiro atoms. The van der Waals surface area contributed by atoms with Crippen LogP contribution < -0.4 is 16.1 Å². The summed E-state index contributed by atoms with van der Waals surface area (Å²) in [5.74, 6) is -2.12. The van der Waals surface area contributed by atoms with Crippen molar-refractivity contribution in [2.45, 2.75) is 31.7 Å². The number of carboxylic acid groups (broad SMARTS) is 1. The lowest BCUT2D eigenvalue weighted by Crippen LogP contribution is -2.59. The second-order valence-corrected chi connectivity index (χ2v) is 11.2. The SMILES string of the molecule is CS(=O)(=O)O.C[C@H]1CN(c2c(F)cc3c(=O)c(C(=O)O)cn(C45CC(C4)C5)c3c2F)C[C@H]1CN. The molecule has 2 bridgehead atoms. The van der Waals surface area contributed by atoms with Crippen LogP contribution in [0.25, 0.3) is 10.9 Å². The fraction of sp³-hybridized carbons (Fsp3) is 0.545. The van der Waals surface area contributed by atoms with E-state index in [-0.39, 0.29) is 34.0 Å². The highest BCUT2D eigenvalue weighted by molar-refractivity contribution is 7.85. The first-order valence-electron chi connectivity index (χ1n) is 10.9. The molecule has 3 saturated carbocycles. The van der Waals surface area contributed by atoms with E-state index >= 15 is 8.78 Å². The molecule has 2 heterocycles. The smallest absolute Gasteiger partial charge is 0.341 e. The highest BCUT2D eigenvalue weighted by atomic mass is 32.2. The monoisotopic (exact) mass is 499 g/mol. The van der Waals surface area contributed by atoms with Crippen molar-refractivity contribution >= 4 is 32.7 Å². The number of hydrogen-bond acceptors (Lipinski definition) is 6. The largest absolute Gasteiger partial charge is 0.477 e. The van der Waals surface area contributed by atoms with Crippen LogP contribution in [0.5, 0.6) is 0 Å². The Hall–Kier alpha value is -2.57. The Balaban J connectivity index is 0.000000499. The van der Waals surface area contributed by atoms with Crippen molar-refractivity contribution in [2.24, 2.45) is 23.5 Å². The van der Waals surface area contributed by atoms with E-state index in [1.54, 1.807) is 9.47 Å². The average Bonchev–Trinajstić information content (AvgIpc) is 2.99. The molecule has 6 rings (SSSR count). The van der Waals surface area contributed by atoms with Gasteiger partial charge in [-0.2, -0.15) is 8.42 Å². The molecule has 186 valence electrons. The van der Waals surface area contributed by atoms with Gasteiger partial charge in [-0.05, 0) is 49.6 Å². The minimum Gasteiger partial charge on any atom is -0.477 e. The molecule has 2 aromatic rings. The zero-order valence-corrected chi connectivity index (χ0v) is 19.6. The normalized spacial score (nSPS) is 27.6. The predicted molar refractivity (Wildman–Crippen MR) is 122 cm³/mol. The maximum atomic E-state index is 15.8. The molecule has 4 fully saturated rings. The van der Waals surface area contributed by atoms with E-state index < -0.39 is 38.7 Å². The van der Waals surface area contributed by atoms with Crippen LogP contribution in [-0.2, 0) is 15.7 Å². The number of pyridine rings is 1.